The molecular weight excluding hydrogens is 374 g/mol. The Bertz CT molecular complexity index is 910. The number of aromatic nitrogens is 1. The number of likely N-dealkylation sites (tertiary alicyclic amines) is 1. The highest BCUT2D eigenvalue weighted by molar-refractivity contribution is 7.89. The van der Waals surface area contributed by atoms with Gasteiger partial charge in [-0.1, -0.05) is 19.9 Å². The second-order valence-corrected chi connectivity index (χ2v) is 9.13. The molecule has 1 saturated heterocycles. The molecule has 1 aromatic heterocycles. The van der Waals surface area contributed by atoms with Crippen molar-refractivity contribution < 1.29 is 13.2 Å². The number of nitrogens with zero attached hydrogens (tertiary/aromatic N) is 3. The summed E-state index contributed by atoms with van der Waals surface area (Å²) in [7, 11) is -3.60. The molecular formula is C21H29N3O3S. The van der Waals surface area contributed by atoms with E-state index in [1.807, 2.05) is 30.9 Å². The van der Waals surface area contributed by atoms with Crippen molar-refractivity contribution in [2.45, 2.75) is 44.6 Å². The molecule has 0 spiro atoms. The monoisotopic (exact) mass is 403 g/mol. The lowest BCUT2D eigenvalue weighted by atomic mass is 10.0. The van der Waals surface area contributed by atoms with Gasteiger partial charge in [-0.3, -0.25) is 4.79 Å². The summed E-state index contributed by atoms with van der Waals surface area (Å²) in [4.78, 5) is 15.1. The molecule has 7 heteroatoms. The molecule has 28 heavy (non-hydrogen) atoms. The molecule has 152 valence electrons. The molecule has 0 radical (unpaired) electrons. The average molecular weight is 404 g/mol. The van der Waals surface area contributed by atoms with Gasteiger partial charge in [0.2, 0.25) is 10.0 Å². The van der Waals surface area contributed by atoms with Gasteiger partial charge in [0.1, 0.15) is 0 Å². The van der Waals surface area contributed by atoms with Crippen LogP contribution in [0.5, 0.6) is 0 Å². The Morgan fingerprint density at radius 2 is 1.71 bits per heavy atom. The van der Waals surface area contributed by atoms with E-state index in [0.717, 1.165) is 12.8 Å². The molecule has 1 aromatic carbocycles. The highest BCUT2D eigenvalue weighted by atomic mass is 32.2. The summed E-state index contributed by atoms with van der Waals surface area (Å²) in [6.07, 6.45) is 5.92. The Hall–Kier alpha value is -2.12. The lowest BCUT2D eigenvalue weighted by molar-refractivity contribution is 0.0694. The van der Waals surface area contributed by atoms with Crippen LogP contribution < -0.4 is 0 Å². The molecule has 3 rings (SSSR count). The molecule has 0 N–H and O–H groups in total. The number of sulfonamides is 1. The smallest absolute Gasteiger partial charge is 0.253 e. The summed E-state index contributed by atoms with van der Waals surface area (Å²) >= 11 is 0. The second-order valence-electron chi connectivity index (χ2n) is 7.22. The Labute approximate surface area is 167 Å². The van der Waals surface area contributed by atoms with Crippen molar-refractivity contribution >= 4 is 15.9 Å². The normalized spacial score (nSPS) is 15.9. The molecule has 2 aromatic rings. The lowest BCUT2D eigenvalue weighted by Crippen LogP contribution is -2.39. The van der Waals surface area contributed by atoms with Gasteiger partial charge in [0.15, 0.2) is 0 Å². The summed E-state index contributed by atoms with van der Waals surface area (Å²) in [6.45, 7) is 7.57. The molecule has 1 amide bonds. The maximum atomic E-state index is 13.0. The van der Waals surface area contributed by atoms with E-state index in [0.29, 0.717) is 43.3 Å². The number of carbonyl (C=O) groups is 1. The fourth-order valence-corrected chi connectivity index (χ4v) is 5.56. The van der Waals surface area contributed by atoms with Gasteiger partial charge in [0.25, 0.3) is 5.91 Å². The van der Waals surface area contributed by atoms with Crippen LogP contribution >= 0.6 is 0 Å². The Kier molecular flexibility index (Phi) is 6.25. The van der Waals surface area contributed by atoms with Crippen LogP contribution in [0.1, 0.15) is 48.7 Å². The van der Waals surface area contributed by atoms with E-state index in [1.54, 1.807) is 25.1 Å². The third-order valence-electron chi connectivity index (χ3n) is 5.56. The zero-order valence-electron chi connectivity index (χ0n) is 16.8. The van der Waals surface area contributed by atoms with Crippen molar-refractivity contribution in [3.8, 4) is 0 Å². The maximum Gasteiger partial charge on any atom is 0.253 e. The van der Waals surface area contributed by atoms with Crippen molar-refractivity contribution in [2.24, 2.45) is 0 Å². The van der Waals surface area contributed by atoms with Crippen LogP contribution in [0.2, 0.25) is 0 Å². The number of carbonyl (C=O) groups excluding carboxylic acids is 1. The first-order valence-electron chi connectivity index (χ1n) is 9.91. The Balaban J connectivity index is 1.78. The molecule has 1 aliphatic heterocycles. The number of aryl methyl sites for hydroxylation is 1. The van der Waals surface area contributed by atoms with E-state index in [4.69, 9.17) is 0 Å². The zero-order valence-corrected chi connectivity index (χ0v) is 17.7. The highest BCUT2D eigenvalue weighted by Gasteiger charge is 2.27. The van der Waals surface area contributed by atoms with E-state index in [2.05, 4.69) is 17.0 Å². The van der Waals surface area contributed by atoms with E-state index in [1.165, 1.54) is 4.31 Å². The van der Waals surface area contributed by atoms with Crippen molar-refractivity contribution in [3.05, 3.63) is 53.9 Å². The zero-order chi connectivity index (χ0) is 20.3. The van der Waals surface area contributed by atoms with Gasteiger partial charge in [0.05, 0.1) is 4.90 Å². The predicted molar refractivity (Wildman–Crippen MR) is 110 cm³/mol. The van der Waals surface area contributed by atoms with Crippen LogP contribution in [0.4, 0.5) is 0 Å². The molecule has 1 aliphatic rings. The van der Waals surface area contributed by atoms with E-state index in [-0.39, 0.29) is 10.8 Å². The van der Waals surface area contributed by atoms with Crippen LogP contribution in [-0.2, 0) is 10.0 Å². The summed E-state index contributed by atoms with van der Waals surface area (Å²) < 4.78 is 29.5. The largest absolute Gasteiger partial charge is 0.351 e. The van der Waals surface area contributed by atoms with Gasteiger partial charge in [0, 0.05) is 50.2 Å². The van der Waals surface area contributed by atoms with Gasteiger partial charge in [-0.05, 0) is 49.6 Å². The average Bonchev–Trinajstić information content (AvgIpc) is 3.23. The number of amides is 1. The first kappa shape index (κ1) is 20.6. The molecule has 0 unspecified atom stereocenters. The maximum absolute atomic E-state index is 13.0. The molecule has 0 aliphatic carbocycles. The molecule has 0 bridgehead atoms. The van der Waals surface area contributed by atoms with Crippen LogP contribution in [-0.4, -0.2) is 54.3 Å². The predicted octanol–water partition coefficient (Wildman–Crippen LogP) is 3.30. The van der Waals surface area contributed by atoms with Gasteiger partial charge < -0.3 is 9.47 Å². The van der Waals surface area contributed by atoms with Gasteiger partial charge in [-0.15, -0.1) is 0 Å². The quantitative estimate of drug-likeness (QED) is 0.743. The van der Waals surface area contributed by atoms with E-state index >= 15 is 0 Å². The highest BCUT2D eigenvalue weighted by Crippen LogP contribution is 2.26. The SMILES string of the molecule is CCN(CC)S(=O)(=O)c1cc(C(=O)N2CCC(n3cccc3)CC2)ccc1C. The molecule has 6 nitrogen and oxygen atoms in total. The third-order valence-corrected chi connectivity index (χ3v) is 7.75. The third kappa shape index (κ3) is 4.00. The molecule has 0 saturated carbocycles. The van der Waals surface area contributed by atoms with Gasteiger partial charge >= 0.3 is 0 Å². The number of hydrogen-bond donors (Lipinski definition) is 0. The minimum atomic E-state index is -3.60. The number of rotatable bonds is 6. The fourth-order valence-electron chi connectivity index (χ4n) is 3.85. The van der Waals surface area contributed by atoms with E-state index in [9.17, 15) is 13.2 Å². The number of hydrogen-bond acceptors (Lipinski definition) is 3. The second kappa shape index (κ2) is 8.49. The van der Waals surface area contributed by atoms with Crippen molar-refractivity contribution in [1.29, 1.82) is 0 Å². The van der Waals surface area contributed by atoms with Crippen molar-refractivity contribution in [1.82, 2.24) is 13.8 Å². The van der Waals surface area contributed by atoms with Crippen molar-refractivity contribution in [2.75, 3.05) is 26.2 Å². The van der Waals surface area contributed by atoms with Crippen LogP contribution in [0.15, 0.2) is 47.6 Å². The van der Waals surface area contributed by atoms with Gasteiger partial charge in [-0.25, -0.2) is 8.42 Å². The minimum Gasteiger partial charge on any atom is -0.351 e. The van der Waals surface area contributed by atoms with Crippen LogP contribution in [0, 0.1) is 6.92 Å². The molecule has 2 heterocycles. The molecule has 0 atom stereocenters. The standard InChI is InChI=1S/C21H29N3O3S/c1-4-24(5-2)28(26,27)20-16-18(9-8-17(20)3)21(25)23-14-10-19(11-15-23)22-12-6-7-13-22/h6-9,12-13,16,19H,4-5,10-11,14-15H2,1-3H3. The topological polar surface area (TPSA) is 62.6 Å². The summed E-state index contributed by atoms with van der Waals surface area (Å²) in [6, 6.07) is 9.45. The van der Waals surface area contributed by atoms with E-state index < -0.39 is 10.0 Å². The summed E-state index contributed by atoms with van der Waals surface area (Å²) in [5.74, 6) is -0.0954. The Morgan fingerprint density at radius 1 is 1.11 bits per heavy atom. The summed E-state index contributed by atoms with van der Waals surface area (Å²) in [5, 5.41) is 0. The minimum absolute atomic E-state index is 0.0954. The van der Waals surface area contributed by atoms with Gasteiger partial charge in [-0.2, -0.15) is 4.31 Å². The molecule has 1 fully saturated rings. The first-order chi connectivity index (χ1) is 13.4. The lowest BCUT2D eigenvalue weighted by Gasteiger charge is -2.33. The fraction of sp³-hybridized carbons (Fsp3) is 0.476. The Morgan fingerprint density at radius 3 is 2.29 bits per heavy atom. The summed E-state index contributed by atoms with van der Waals surface area (Å²) in [5.41, 5.74) is 1.10. The first-order valence-corrected chi connectivity index (χ1v) is 11.3. The number of piperidine rings is 1. The van der Waals surface area contributed by atoms with Crippen LogP contribution in [0.3, 0.4) is 0 Å². The van der Waals surface area contributed by atoms with Crippen LogP contribution in [0.25, 0.3) is 0 Å². The number of benzene rings is 1. The van der Waals surface area contributed by atoms with Crippen molar-refractivity contribution in [3.63, 3.8) is 0 Å².